The fraction of sp³-hybridized carbons (Fsp3) is 0.714. The highest BCUT2D eigenvalue weighted by atomic mass is 15.0. The number of nitrogens with one attached hydrogen (secondary N) is 1. The first kappa shape index (κ1) is 12.3. The lowest BCUT2D eigenvalue weighted by atomic mass is 9.87. The number of hydrogen-bond donors (Lipinski definition) is 1. The van der Waals surface area contributed by atoms with Gasteiger partial charge in [0.1, 0.15) is 12.1 Å². The van der Waals surface area contributed by atoms with E-state index in [4.69, 9.17) is 0 Å². The zero-order chi connectivity index (χ0) is 12.1. The first-order valence-corrected chi connectivity index (χ1v) is 6.85. The molecule has 0 amide bonds. The topological polar surface area (TPSA) is 37.8 Å². The van der Waals surface area contributed by atoms with Gasteiger partial charge in [-0.15, -0.1) is 0 Å². The van der Waals surface area contributed by atoms with Crippen molar-refractivity contribution in [2.45, 2.75) is 58.4 Å². The molecule has 0 bridgehead atoms. The molecule has 0 saturated heterocycles. The van der Waals surface area contributed by atoms with Gasteiger partial charge in [-0.05, 0) is 38.0 Å². The second kappa shape index (κ2) is 5.99. The Kier molecular flexibility index (Phi) is 4.35. The molecule has 0 unspecified atom stereocenters. The maximum atomic E-state index is 4.31. The summed E-state index contributed by atoms with van der Waals surface area (Å²) in [4.78, 5) is 8.60. The van der Waals surface area contributed by atoms with Gasteiger partial charge in [-0.3, -0.25) is 0 Å². The molecular formula is C14H23N3. The number of aryl methyl sites for hydroxylation is 1. The maximum absolute atomic E-state index is 4.31. The van der Waals surface area contributed by atoms with Gasteiger partial charge < -0.3 is 5.32 Å². The summed E-state index contributed by atoms with van der Waals surface area (Å²) >= 11 is 0. The van der Waals surface area contributed by atoms with Gasteiger partial charge >= 0.3 is 0 Å². The molecule has 17 heavy (non-hydrogen) atoms. The van der Waals surface area contributed by atoms with Gasteiger partial charge in [0, 0.05) is 17.8 Å². The van der Waals surface area contributed by atoms with E-state index >= 15 is 0 Å². The van der Waals surface area contributed by atoms with Crippen LogP contribution in [0.4, 0.5) is 5.82 Å². The molecule has 0 radical (unpaired) electrons. The molecule has 0 aromatic carbocycles. The number of hydrogen-bond acceptors (Lipinski definition) is 3. The molecule has 2 rings (SSSR count). The molecule has 1 aromatic heterocycles. The van der Waals surface area contributed by atoms with E-state index in [2.05, 4.69) is 35.2 Å². The summed E-state index contributed by atoms with van der Waals surface area (Å²) in [5, 5.41) is 3.55. The van der Waals surface area contributed by atoms with Crippen LogP contribution < -0.4 is 5.32 Å². The zero-order valence-corrected chi connectivity index (χ0v) is 10.9. The summed E-state index contributed by atoms with van der Waals surface area (Å²) in [5.41, 5.74) is 1.15. The number of nitrogens with zero attached hydrogens (tertiary/aromatic N) is 2. The van der Waals surface area contributed by atoms with Crippen molar-refractivity contribution in [3.05, 3.63) is 18.1 Å². The molecule has 94 valence electrons. The molecule has 0 atom stereocenters. The molecule has 1 N–H and O–H groups in total. The van der Waals surface area contributed by atoms with Crippen LogP contribution in [0, 0.1) is 5.92 Å². The highest BCUT2D eigenvalue weighted by molar-refractivity contribution is 5.36. The van der Waals surface area contributed by atoms with Gasteiger partial charge in [0.15, 0.2) is 0 Å². The Morgan fingerprint density at radius 3 is 2.71 bits per heavy atom. The van der Waals surface area contributed by atoms with Crippen LogP contribution in [0.25, 0.3) is 0 Å². The van der Waals surface area contributed by atoms with Crippen LogP contribution in [0.3, 0.4) is 0 Å². The fourth-order valence-corrected chi connectivity index (χ4v) is 2.48. The summed E-state index contributed by atoms with van der Waals surface area (Å²) in [6.07, 6.45) is 9.08. The van der Waals surface area contributed by atoms with E-state index < -0.39 is 0 Å². The average Bonchev–Trinajstić information content (AvgIpc) is 2.33. The predicted octanol–water partition coefficient (Wildman–Crippen LogP) is 3.42. The standard InChI is InChI=1S/C14H23N3/c1-3-4-13-9-14(16-10-15-13)17-12-7-5-11(2)6-8-12/h9-12H,3-8H2,1-2H3,(H,15,16,17). The number of rotatable bonds is 4. The minimum Gasteiger partial charge on any atom is -0.367 e. The molecule has 3 nitrogen and oxygen atoms in total. The van der Waals surface area contributed by atoms with Crippen LogP contribution in [0.15, 0.2) is 12.4 Å². The van der Waals surface area contributed by atoms with Crippen molar-refractivity contribution in [2.75, 3.05) is 5.32 Å². The quantitative estimate of drug-likeness (QED) is 0.866. The SMILES string of the molecule is CCCc1cc(NC2CCC(C)CC2)ncn1. The Balaban J connectivity index is 1.91. The second-order valence-corrected chi connectivity index (χ2v) is 5.25. The Morgan fingerprint density at radius 1 is 1.24 bits per heavy atom. The number of aromatic nitrogens is 2. The summed E-state index contributed by atoms with van der Waals surface area (Å²) in [6, 6.07) is 2.71. The highest BCUT2D eigenvalue weighted by Crippen LogP contribution is 2.25. The van der Waals surface area contributed by atoms with Gasteiger partial charge in [0.05, 0.1) is 0 Å². The molecule has 1 fully saturated rings. The molecule has 0 aliphatic heterocycles. The highest BCUT2D eigenvalue weighted by Gasteiger charge is 2.18. The van der Waals surface area contributed by atoms with E-state index in [1.54, 1.807) is 6.33 Å². The summed E-state index contributed by atoms with van der Waals surface area (Å²) in [7, 11) is 0. The van der Waals surface area contributed by atoms with Crippen LogP contribution in [0.1, 0.15) is 51.6 Å². The maximum Gasteiger partial charge on any atom is 0.129 e. The molecule has 0 spiro atoms. The van der Waals surface area contributed by atoms with E-state index in [-0.39, 0.29) is 0 Å². The third-order valence-electron chi connectivity index (χ3n) is 3.60. The van der Waals surface area contributed by atoms with Crippen LogP contribution in [-0.4, -0.2) is 16.0 Å². The summed E-state index contributed by atoms with van der Waals surface area (Å²) in [5.74, 6) is 1.90. The number of anilines is 1. The van der Waals surface area contributed by atoms with E-state index in [1.807, 2.05) is 0 Å². The lowest BCUT2D eigenvalue weighted by molar-refractivity contribution is 0.361. The Hall–Kier alpha value is -1.12. The van der Waals surface area contributed by atoms with E-state index in [9.17, 15) is 0 Å². The van der Waals surface area contributed by atoms with Gasteiger partial charge in [-0.1, -0.05) is 20.3 Å². The van der Waals surface area contributed by atoms with Crippen LogP contribution in [-0.2, 0) is 6.42 Å². The molecule has 3 heteroatoms. The Labute approximate surface area is 104 Å². The molecule has 1 aliphatic rings. The molecular weight excluding hydrogens is 210 g/mol. The monoisotopic (exact) mass is 233 g/mol. The van der Waals surface area contributed by atoms with Crippen molar-refractivity contribution in [2.24, 2.45) is 5.92 Å². The second-order valence-electron chi connectivity index (χ2n) is 5.25. The molecule has 1 aromatic rings. The lowest BCUT2D eigenvalue weighted by Crippen LogP contribution is -2.25. The normalized spacial score (nSPS) is 24.6. The minimum atomic E-state index is 0.607. The van der Waals surface area contributed by atoms with Crippen LogP contribution in [0.5, 0.6) is 0 Å². The Bertz CT molecular complexity index is 343. The first-order valence-electron chi connectivity index (χ1n) is 6.85. The van der Waals surface area contributed by atoms with Crippen molar-refractivity contribution < 1.29 is 0 Å². The first-order chi connectivity index (χ1) is 8.28. The van der Waals surface area contributed by atoms with E-state index in [1.165, 1.54) is 25.7 Å². The predicted molar refractivity (Wildman–Crippen MR) is 71.1 cm³/mol. The smallest absolute Gasteiger partial charge is 0.129 e. The van der Waals surface area contributed by atoms with Crippen molar-refractivity contribution in [3.63, 3.8) is 0 Å². The van der Waals surface area contributed by atoms with Crippen molar-refractivity contribution in [3.8, 4) is 0 Å². The van der Waals surface area contributed by atoms with Crippen LogP contribution in [0.2, 0.25) is 0 Å². The lowest BCUT2D eigenvalue weighted by Gasteiger charge is -2.27. The third kappa shape index (κ3) is 3.69. The van der Waals surface area contributed by atoms with Gasteiger partial charge in [-0.2, -0.15) is 0 Å². The summed E-state index contributed by atoms with van der Waals surface area (Å²) in [6.45, 7) is 4.53. The van der Waals surface area contributed by atoms with E-state index in [0.717, 1.165) is 30.3 Å². The zero-order valence-electron chi connectivity index (χ0n) is 10.9. The van der Waals surface area contributed by atoms with Crippen molar-refractivity contribution >= 4 is 5.82 Å². The van der Waals surface area contributed by atoms with Gasteiger partial charge in [0.2, 0.25) is 0 Å². The molecule has 1 heterocycles. The van der Waals surface area contributed by atoms with Crippen LogP contribution >= 0.6 is 0 Å². The Morgan fingerprint density at radius 2 is 2.00 bits per heavy atom. The third-order valence-corrected chi connectivity index (χ3v) is 3.60. The largest absolute Gasteiger partial charge is 0.367 e. The molecule has 1 saturated carbocycles. The van der Waals surface area contributed by atoms with Gasteiger partial charge in [0.25, 0.3) is 0 Å². The fourth-order valence-electron chi connectivity index (χ4n) is 2.48. The molecule has 1 aliphatic carbocycles. The average molecular weight is 233 g/mol. The van der Waals surface area contributed by atoms with Crippen molar-refractivity contribution in [1.82, 2.24) is 9.97 Å². The van der Waals surface area contributed by atoms with Gasteiger partial charge in [-0.25, -0.2) is 9.97 Å². The van der Waals surface area contributed by atoms with E-state index in [0.29, 0.717) is 6.04 Å². The summed E-state index contributed by atoms with van der Waals surface area (Å²) < 4.78 is 0. The minimum absolute atomic E-state index is 0.607. The van der Waals surface area contributed by atoms with Crippen molar-refractivity contribution in [1.29, 1.82) is 0 Å².